The van der Waals surface area contributed by atoms with E-state index in [1.807, 2.05) is 29.2 Å². The Morgan fingerprint density at radius 2 is 1.89 bits per heavy atom. The lowest BCUT2D eigenvalue weighted by atomic mass is 10.1. The van der Waals surface area contributed by atoms with Gasteiger partial charge in [0.25, 0.3) is 5.91 Å². The van der Waals surface area contributed by atoms with Gasteiger partial charge >= 0.3 is 0 Å². The van der Waals surface area contributed by atoms with Crippen molar-refractivity contribution in [3.63, 3.8) is 0 Å². The lowest BCUT2D eigenvalue weighted by molar-refractivity contribution is 0.0792. The predicted molar refractivity (Wildman–Crippen MR) is 108 cm³/mol. The number of nitrogens with one attached hydrogen (secondary N) is 1. The second-order valence-corrected chi connectivity index (χ2v) is 7.06. The minimum absolute atomic E-state index is 0.155. The zero-order valence-corrected chi connectivity index (χ0v) is 15.8. The number of rotatable bonds is 6. The van der Waals surface area contributed by atoms with Crippen LogP contribution in [0.5, 0.6) is 0 Å². The van der Waals surface area contributed by atoms with Crippen LogP contribution in [0, 0.1) is 0 Å². The second kappa shape index (κ2) is 7.92. The van der Waals surface area contributed by atoms with Crippen molar-refractivity contribution in [3.05, 3.63) is 65.5 Å². The number of hydrogen-bond donors (Lipinski definition) is 1. The summed E-state index contributed by atoms with van der Waals surface area (Å²) in [7, 11) is 0. The molecule has 5 nitrogen and oxygen atoms in total. The molecule has 27 heavy (non-hydrogen) atoms. The van der Waals surface area contributed by atoms with Crippen LogP contribution in [0.3, 0.4) is 0 Å². The van der Waals surface area contributed by atoms with Crippen LogP contribution in [0.4, 0.5) is 0 Å². The summed E-state index contributed by atoms with van der Waals surface area (Å²) < 4.78 is 2.25. The van der Waals surface area contributed by atoms with Crippen LogP contribution in [-0.2, 0) is 19.6 Å². The molecule has 0 radical (unpaired) electrons. The van der Waals surface area contributed by atoms with Crippen LogP contribution in [-0.4, -0.2) is 33.4 Å². The number of hydrogen-bond acceptors (Lipinski definition) is 3. The standard InChI is InChI=1S/C22H26N4O/c1-2-26-20-11-4-3-10-19(20)24-21(26)16-23-15-17-8-7-9-18(14-17)22(27)25-12-5-6-13-25/h3-4,7-11,14,23H,2,5-6,12-13,15-16H2,1H3. The molecule has 4 rings (SSSR count). The van der Waals surface area contributed by atoms with Crippen molar-refractivity contribution < 1.29 is 4.79 Å². The normalized spacial score (nSPS) is 14.2. The van der Waals surface area contributed by atoms with E-state index in [0.717, 1.165) is 54.9 Å². The topological polar surface area (TPSA) is 50.2 Å². The van der Waals surface area contributed by atoms with Crippen LogP contribution in [0.1, 0.15) is 41.5 Å². The van der Waals surface area contributed by atoms with Gasteiger partial charge in [-0.2, -0.15) is 0 Å². The summed E-state index contributed by atoms with van der Waals surface area (Å²) in [6.45, 7) is 6.23. The van der Waals surface area contributed by atoms with Gasteiger partial charge in [-0.3, -0.25) is 4.79 Å². The van der Waals surface area contributed by atoms with Crippen LogP contribution in [0.15, 0.2) is 48.5 Å². The minimum atomic E-state index is 0.155. The molecule has 0 saturated carbocycles. The summed E-state index contributed by atoms with van der Waals surface area (Å²) in [6, 6.07) is 16.2. The summed E-state index contributed by atoms with van der Waals surface area (Å²) in [6.07, 6.45) is 2.23. The number of likely N-dealkylation sites (tertiary alicyclic amines) is 1. The second-order valence-electron chi connectivity index (χ2n) is 7.06. The smallest absolute Gasteiger partial charge is 0.253 e. The van der Waals surface area contributed by atoms with Gasteiger partial charge < -0.3 is 14.8 Å². The maximum Gasteiger partial charge on any atom is 0.253 e. The first-order valence-corrected chi connectivity index (χ1v) is 9.79. The molecule has 1 amide bonds. The van der Waals surface area contributed by atoms with Gasteiger partial charge in [0.05, 0.1) is 17.6 Å². The van der Waals surface area contributed by atoms with Crippen molar-refractivity contribution in [1.29, 1.82) is 0 Å². The summed E-state index contributed by atoms with van der Waals surface area (Å²) >= 11 is 0. The number of fused-ring (bicyclic) bond motifs is 1. The minimum Gasteiger partial charge on any atom is -0.339 e. The number of benzene rings is 2. The third kappa shape index (κ3) is 3.74. The largest absolute Gasteiger partial charge is 0.339 e. The highest BCUT2D eigenvalue weighted by molar-refractivity contribution is 5.94. The van der Waals surface area contributed by atoms with E-state index in [4.69, 9.17) is 4.98 Å². The Morgan fingerprint density at radius 3 is 2.70 bits per heavy atom. The number of amides is 1. The first-order chi connectivity index (χ1) is 13.3. The number of aryl methyl sites for hydroxylation is 1. The van der Waals surface area contributed by atoms with Crippen molar-refractivity contribution in [2.75, 3.05) is 13.1 Å². The van der Waals surface area contributed by atoms with Crippen LogP contribution >= 0.6 is 0 Å². The van der Waals surface area contributed by atoms with Crippen molar-refractivity contribution in [1.82, 2.24) is 19.8 Å². The van der Waals surface area contributed by atoms with E-state index in [9.17, 15) is 4.79 Å². The van der Waals surface area contributed by atoms with E-state index < -0.39 is 0 Å². The van der Waals surface area contributed by atoms with E-state index in [2.05, 4.69) is 41.1 Å². The molecule has 2 aromatic carbocycles. The van der Waals surface area contributed by atoms with Crippen molar-refractivity contribution in [2.24, 2.45) is 0 Å². The number of para-hydroxylation sites is 2. The van der Waals surface area contributed by atoms with E-state index in [1.165, 1.54) is 5.52 Å². The number of imidazole rings is 1. The average Bonchev–Trinajstić information content (AvgIpc) is 3.35. The highest BCUT2D eigenvalue weighted by Gasteiger charge is 2.19. The Bertz CT molecular complexity index is 940. The van der Waals surface area contributed by atoms with E-state index >= 15 is 0 Å². The van der Waals surface area contributed by atoms with E-state index in [-0.39, 0.29) is 5.91 Å². The fraction of sp³-hybridized carbons (Fsp3) is 0.364. The summed E-state index contributed by atoms with van der Waals surface area (Å²) in [5, 5.41) is 3.48. The monoisotopic (exact) mass is 362 g/mol. The molecule has 1 aliphatic heterocycles. The highest BCUT2D eigenvalue weighted by atomic mass is 16.2. The maximum absolute atomic E-state index is 12.6. The molecule has 3 aromatic rings. The zero-order chi connectivity index (χ0) is 18.6. The summed E-state index contributed by atoms with van der Waals surface area (Å²) in [4.78, 5) is 19.3. The van der Waals surface area contributed by atoms with Crippen LogP contribution in [0.2, 0.25) is 0 Å². The number of nitrogens with zero attached hydrogens (tertiary/aromatic N) is 3. The third-order valence-electron chi connectivity index (χ3n) is 5.23. The molecule has 1 saturated heterocycles. The third-order valence-corrected chi connectivity index (χ3v) is 5.23. The molecule has 1 fully saturated rings. The summed E-state index contributed by atoms with van der Waals surface area (Å²) in [5.74, 6) is 1.20. The van der Waals surface area contributed by atoms with Crippen molar-refractivity contribution in [3.8, 4) is 0 Å². The zero-order valence-electron chi connectivity index (χ0n) is 15.8. The van der Waals surface area contributed by atoms with Gasteiger partial charge in [0.2, 0.25) is 0 Å². The highest BCUT2D eigenvalue weighted by Crippen LogP contribution is 2.17. The molecule has 5 heteroatoms. The van der Waals surface area contributed by atoms with Gasteiger partial charge in [-0.25, -0.2) is 4.98 Å². The lowest BCUT2D eigenvalue weighted by Crippen LogP contribution is -2.27. The van der Waals surface area contributed by atoms with Crippen LogP contribution < -0.4 is 5.32 Å². The molecule has 0 aliphatic carbocycles. The molecule has 0 bridgehead atoms. The molecule has 0 atom stereocenters. The molecule has 1 N–H and O–H groups in total. The number of carbonyl (C=O) groups is 1. The van der Waals surface area contributed by atoms with E-state index in [1.54, 1.807) is 0 Å². The predicted octanol–water partition coefficient (Wildman–Crippen LogP) is 3.58. The van der Waals surface area contributed by atoms with Gasteiger partial charge in [0.1, 0.15) is 5.82 Å². The SMILES string of the molecule is CCn1c(CNCc2cccc(C(=O)N3CCCC3)c2)nc2ccccc21. The fourth-order valence-electron chi connectivity index (χ4n) is 3.85. The quantitative estimate of drug-likeness (QED) is 0.729. The van der Waals surface area contributed by atoms with Crippen LogP contribution in [0.25, 0.3) is 11.0 Å². The van der Waals surface area contributed by atoms with Crippen molar-refractivity contribution in [2.45, 2.75) is 39.4 Å². The molecule has 1 aliphatic rings. The van der Waals surface area contributed by atoms with Crippen molar-refractivity contribution >= 4 is 16.9 Å². The van der Waals surface area contributed by atoms with Gasteiger partial charge in [-0.1, -0.05) is 24.3 Å². The summed E-state index contributed by atoms with van der Waals surface area (Å²) in [5.41, 5.74) is 4.13. The van der Waals surface area contributed by atoms with Gasteiger partial charge in [0, 0.05) is 31.7 Å². The Morgan fingerprint density at radius 1 is 1.07 bits per heavy atom. The molecule has 140 valence electrons. The maximum atomic E-state index is 12.6. The first kappa shape index (κ1) is 17.7. The molecular weight excluding hydrogens is 336 g/mol. The molecular formula is C22H26N4O. The molecule has 0 spiro atoms. The number of aromatic nitrogens is 2. The molecule has 0 unspecified atom stereocenters. The van der Waals surface area contributed by atoms with Gasteiger partial charge in [0.15, 0.2) is 0 Å². The van der Waals surface area contributed by atoms with Gasteiger partial charge in [-0.15, -0.1) is 0 Å². The van der Waals surface area contributed by atoms with Gasteiger partial charge in [-0.05, 0) is 49.6 Å². The number of carbonyl (C=O) groups excluding carboxylic acids is 1. The Balaban J connectivity index is 1.42. The van der Waals surface area contributed by atoms with E-state index in [0.29, 0.717) is 13.1 Å². The fourth-order valence-corrected chi connectivity index (χ4v) is 3.85. The Hall–Kier alpha value is -2.66. The lowest BCUT2D eigenvalue weighted by Gasteiger charge is -2.15. The first-order valence-electron chi connectivity index (χ1n) is 9.79. The Kier molecular flexibility index (Phi) is 5.21. The Labute approximate surface area is 160 Å². The molecule has 1 aromatic heterocycles. The molecule has 2 heterocycles. The average molecular weight is 362 g/mol.